The third-order valence-corrected chi connectivity index (χ3v) is 3.91. The topological polar surface area (TPSA) is 77.4 Å². The van der Waals surface area contributed by atoms with E-state index in [1.54, 1.807) is 55.6 Å². The quantitative estimate of drug-likeness (QED) is 0.555. The van der Waals surface area contributed by atoms with E-state index in [9.17, 15) is 9.59 Å². The van der Waals surface area contributed by atoms with Gasteiger partial charge < -0.3 is 14.2 Å². The molecule has 2 aromatic rings. The molecule has 0 unspecified atom stereocenters. The van der Waals surface area contributed by atoms with Crippen LogP contribution in [-0.4, -0.2) is 37.9 Å². The summed E-state index contributed by atoms with van der Waals surface area (Å²) < 4.78 is 15.8. The molecule has 0 radical (unpaired) electrons. The fourth-order valence-corrected chi connectivity index (χ4v) is 2.52. The highest BCUT2D eigenvalue weighted by Gasteiger charge is 2.26. The average Bonchev–Trinajstić information content (AvgIpc) is 2.72. The van der Waals surface area contributed by atoms with Crippen LogP contribution >= 0.6 is 0 Å². The third kappa shape index (κ3) is 4.84. The lowest BCUT2D eigenvalue weighted by molar-refractivity contribution is -0.136. The van der Waals surface area contributed by atoms with Crippen molar-refractivity contribution in [2.24, 2.45) is 5.10 Å². The molecule has 140 valence electrons. The van der Waals surface area contributed by atoms with Crippen LogP contribution < -0.4 is 14.5 Å². The van der Waals surface area contributed by atoms with Crippen LogP contribution in [-0.2, 0) is 14.3 Å². The average molecular weight is 368 g/mol. The maximum atomic E-state index is 12.2. The Hall–Kier alpha value is -3.35. The Labute approximate surface area is 157 Å². The van der Waals surface area contributed by atoms with E-state index >= 15 is 0 Å². The first kappa shape index (κ1) is 18.4. The molecule has 2 aromatic carbocycles. The molecule has 1 aliphatic rings. The van der Waals surface area contributed by atoms with Crippen molar-refractivity contribution in [2.75, 3.05) is 25.3 Å². The zero-order valence-electron chi connectivity index (χ0n) is 15.0. The maximum absolute atomic E-state index is 12.2. The summed E-state index contributed by atoms with van der Waals surface area (Å²) in [5.74, 6) is 0.701. The Kier molecular flexibility index (Phi) is 6.04. The first-order chi connectivity index (χ1) is 13.2. The van der Waals surface area contributed by atoms with E-state index < -0.39 is 5.97 Å². The van der Waals surface area contributed by atoms with Crippen LogP contribution in [0, 0.1) is 0 Å². The van der Waals surface area contributed by atoms with Crippen molar-refractivity contribution < 1.29 is 23.8 Å². The van der Waals surface area contributed by atoms with Crippen LogP contribution in [0.15, 0.2) is 59.7 Å². The van der Waals surface area contributed by atoms with Crippen molar-refractivity contribution in [1.29, 1.82) is 0 Å². The lowest BCUT2D eigenvalue weighted by Crippen LogP contribution is -2.35. The normalized spacial score (nSPS) is 13.7. The minimum Gasteiger partial charge on any atom is -0.497 e. The predicted molar refractivity (Wildman–Crippen MR) is 100 cm³/mol. The van der Waals surface area contributed by atoms with Crippen molar-refractivity contribution in [3.8, 4) is 11.5 Å². The number of benzene rings is 2. The van der Waals surface area contributed by atoms with Crippen LogP contribution in [0.25, 0.3) is 0 Å². The summed E-state index contributed by atoms with van der Waals surface area (Å²) >= 11 is 0. The van der Waals surface area contributed by atoms with Crippen LogP contribution in [0.5, 0.6) is 11.5 Å². The molecule has 1 heterocycles. The van der Waals surface area contributed by atoms with Gasteiger partial charge in [0.2, 0.25) is 5.91 Å². The lowest BCUT2D eigenvalue weighted by atomic mass is 10.1. The van der Waals surface area contributed by atoms with Gasteiger partial charge in [0.1, 0.15) is 30.4 Å². The first-order valence-corrected chi connectivity index (χ1v) is 8.57. The second-order valence-electron chi connectivity index (χ2n) is 5.75. The molecule has 7 nitrogen and oxygen atoms in total. The van der Waals surface area contributed by atoms with Crippen LogP contribution in [0.2, 0.25) is 0 Å². The molecule has 0 fully saturated rings. The van der Waals surface area contributed by atoms with Gasteiger partial charge in [-0.2, -0.15) is 5.10 Å². The van der Waals surface area contributed by atoms with Crippen molar-refractivity contribution in [3.05, 3.63) is 54.6 Å². The monoisotopic (exact) mass is 368 g/mol. The molecule has 0 saturated carbocycles. The van der Waals surface area contributed by atoms with Gasteiger partial charge in [-0.15, -0.1) is 0 Å². The zero-order valence-corrected chi connectivity index (χ0v) is 15.0. The van der Waals surface area contributed by atoms with E-state index in [2.05, 4.69) is 5.10 Å². The number of para-hydroxylation sites is 1. The molecule has 0 bridgehead atoms. The number of nitrogens with zero attached hydrogens (tertiary/aromatic N) is 2. The molecule has 0 aliphatic carbocycles. The lowest BCUT2D eigenvalue weighted by Gasteiger charge is -2.22. The molecule has 3 rings (SSSR count). The summed E-state index contributed by atoms with van der Waals surface area (Å²) in [5.41, 5.74) is 0.846. The standard InChI is InChI=1S/C20H20N2O5/c1-25-16-7-9-17(10-8-16)26-13-14-27-20(24)18-11-12-19(23)22(21-18)15-5-3-2-4-6-15/h2-10H,11-14H2,1H3. The number of anilines is 1. The number of hydrogen-bond acceptors (Lipinski definition) is 6. The summed E-state index contributed by atoms with van der Waals surface area (Å²) in [6.45, 7) is 0.301. The van der Waals surface area contributed by atoms with E-state index in [0.717, 1.165) is 5.75 Å². The Morgan fingerprint density at radius 3 is 2.41 bits per heavy atom. The van der Waals surface area contributed by atoms with Gasteiger partial charge in [0.15, 0.2) is 0 Å². The van der Waals surface area contributed by atoms with E-state index in [4.69, 9.17) is 14.2 Å². The van der Waals surface area contributed by atoms with Crippen molar-refractivity contribution in [1.82, 2.24) is 0 Å². The fourth-order valence-electron chi connectivity index (χ4n) is 2.52. The number of carbonyl (C=O) groups is 2. The van der Waals surface area contributed by atoms with Crippen LogP contribution in [0.4, 0.5) is 5.69 Å². The van der Waals surface area contributed by atoms with Gasteiger partial charge in [-0.1, -0.05) is 18.2 Å². The first-order valence-electron chi connectivity index (χ1n) is 8.57. The molecular formula is C20H20N2O5. The number of carbonyl (C=O) groups excluding carboxylic acids is 2. The molecular weight excluding hydrogens is 348 g/mol. The smallest absolute Gasteiger partial charge is 0.354 e. The predicted octanol–water partition coefficient (Wildman–Crippen LogP) is 2.80. The van der Waals surface area contributed by atoms with Gasteiger partial charge in [-0.25, -0.2) is 9.80 Å². The second-order valence-corrected chi connectivity index (χ2v) is 5.75. The number of hydrogen-bond donors (Lipinski definition) is 0. The van der Waals surface area contributed by atoms with Crippen molar-refractivity contribution >= 4 is 23.3 Å². The SMILES string of the molecule is COc1ccc(OCCOC(=O)C2=NN(c3ccccc3)C(=O)CC2)cc1. The highest BCUT2D eigenvalue weighted by molar-refractivity contribution is 6.38. The van der Waals surface area contributed by atoms with Gasteiger partial charge in [-0.05, 0) is 36.4 Å². The minimum atomic E-state index is -0.540. The zero-order chi connectivity index (χ0) is 19.1. The van der Waals surface area contributed by atoms with Gasteiger partial charge >= 0.3 is 5.97 Å². The van der Waals surface area contributed by atoms with E-state index in [1.165, 1.54) is 5.01 Å². The molecule has 7 heteroatoms. The molecule has 0 aromatic heterocycles. The highest BCUT2D eigenvalue weighted by Crippen LogP contribution is 2.20. The van der Waals surface area contributed by atoms with E-state index in [1.807, 2.05) is 6.07 Å². The van der Waals surface area contributed by atoms with Crippen LogP contribution in [0.1, 0.15) is 12.8 Å². The van der Waals surface area contributed by atoms with Gasteiger partial charge in [0.05, 0.1) is 12.8 Å². The van der Waals surface area contributed by atoms with E-state index in [0.29, 0.717) is 11.4 Å². The molecule has 1 aliphatic heterocycles. The molecule has 0 saturated heterocycles. The summed E-state index contributed by atoms with van der Waals surface area (Å²) in [7, 11) is 1.59. The second kappa shape index (κ2) is 8.84. The number of esters is 1. The number of methoxy groups -OCH3 is 1. The molecule has 0 spiro atoms. The third-order valence-electron chi connectivity index (χ3n) is 3.91. The van der Waals surface area contributed by atoms with Crippen molar-refractivity contribution in [3.63, 3.8) is 0 Å². The molecule has 0 N–H and O–H groups in total. The van der Waals surface area contributed by atoms with Gasteiger partial charge in [0.25, 0.3) is 0 Å². The summed E-state index contributed by atoms with van der Waals surface area (Å²) in [6, 6.07) is 16.1. The Bertz CT molecular complexity index is 818. The van der Waals surface area contributed by atoms with Crippen molar-refractivity contribution in [2.45, 2.75) is 12.8 Å². The fraction of sp³-hybridized carbons (Fsp3) is 0.250. The number of rotatable bonds is 7. The Morgan fingerprint density at radius 1 is 1.00 bits per heavy atom. The Balaban J connectivity index is 1.51. The summed E-state index contributed by atoms with van der Waals surface area (Å²) in [6.07, 6.45) is 0.478. The van der Waals surface area contributed by atoms with E-state index in [-0.39, 0.29) is 37.7 Å². The largest absolute Gasteiger partial charge is 0.497 e. The van der Waals surface area contributed by atoms with Gasteiger partial charge in [0, 0.05) is 12.8 Å². The number of amides is 1. The summed E-state index contributed by atoms with van der Waals surface area (Å²) in [5, 5.41) is 5.40. The highest BCUT2D eigenvalue weighted by atomic mass is 16.6. The van der Waals surface area contributed by atoms with Crippen LogP contribution in [0.3, 0.4) is 0 Å². The number of hydrazone groups is 1. The number of ether oxygens (including phenoxy) is 3. The van der Waals surface area contributed by atoms with Gasteiger partial charge in [-0.3, -0.25) is 4.79 Å². The molecule has 1 amide bonds. The minimum absolute atomic E-state index is 0.0865. The molecule has 0 atom stereocenters. The molecule has 27 heavy (non-hydrogen) atoms. The maximum Gasteiger partial charge on any atom is 0.354 e. The summed E-state index contributed by atoms with van der Waals surface area (Å²) in [4.78, 5) is 24.3. The Morgan fingerprint density at radius 2 is 1.70 bits per heavy atom.